The smallest absolute Gasteiger partial charge is 0.226 e. The second-order valence-electron chi connectivity index (χ2n) is 5.84. The molecule has 2 aromatic rings. The number of carbonyl (C=O) groups is 1. The van der Waals surface area contributed by atoms with E-state index in [1.165, 1.54) is 32.1 Å². The van der Waals surface area contributed by atoms with E-state index in [0.29, 0.717) is 6.42 Å². The summed E-state index contributed by atoms with van der Waals surface area (Å²) in [5.41, 5.74) is 1.83. The van der Waals surface area contributed by atoms with Crippen LogP contribution in [0.3, 0.4) is 0 Å². The van der Waals surface area contributed by atoms with Gasteiger partial charge in [0.2, 0.25) is 5.91 Å². The van der Waals surface area contributed by atoms with Crippen molar-refractivity contribution in [2.45, 2.75) is 43.8 Å². The molecule has 1 aliphatic rings. The third-order valence-corrected chi connectivity index (χ3v) is 5.55. The number of nitrogens with zero attached hydrogens (tertiary/aromatic N) is 2. The van der Waals surface area contributed by atoms with Crippen molar-refractivity contribution in [1.29, 1.82) is 0 Å². The van der Waals surface area contributed by atoms with Gasteiger partial charge >= 0.3 is 0 Å². The molecule has 0 spiro atoms. The van der Waals surface area contributed by atoms with Crippen LogP contribution in [0.25, 0.3) is 5.65 Å². The maximum absolute atomic E-state index is 12.0. The van der Waals surface area contributed by atoms with Crippen molar-refractivity contribution in [1.82, 2.24) is 14.7 Å². The normalized spacial score (nSPS) is 16.0. The van der Waals surface area contributed by atoms with Crippen molar-refractivity contribution >= 4 is 23.3 Å². The van der Waals surface area contributed by atoms with E-state index in [4.69, 9.17) is 0 Å². The lowest BCUT2D eigenvalue weighted by molar-refractivity contribution is -0.120. The zero-order chi connectivity index (χ0) is 15.2. The summed E-state index contributed by atoms with van der Waals surface area (Å²) in [4.78, 5) is 16.4. The van der Waals surface area contributed by atoms with Gasteiger partial charge in [-0.1, -0.05) is 25.3 Å². The topological polar surface area (TPSA) is 46.4 Å². The SMILES string of the molecule is O=C(Cc1cnc2ccccn12)NCCSC1CCCCC1. The summed E-state index contributed by atoms with van der Waals surface area (Å²) in [5.74, 6) is 1.10. The van der Waals surface area contributed by atoms with Crippen molar-refractivity contribution in [3.8, 4) is 0 Å². The highest BCUT2D eigenvalue weighted by Gasteiger charge is 2.13. The summed E-state index contributed by atoms with van der Waals surface area (Å²) in [6, 6.07) is 5.85. The summed E-state index contributed by atoms with van der Waals surface area (Å²) in [7, 11) is 0. The molecule has 1 aliphatic carbocycles. The van der Waals surface area contributed by atoms with Gasteiger partial charge in [0.15, 0.2) is 0 Å². The van der Waals surface area contributed by atoms with E-state index in [9.17, 15) is 4.79 Å². The molecule has 0 saturated heterocycles. The first-order chi connectivity index (χ1) is 10.8. The Bertz CT molecular complexity index is 619. The molecule has 0 atom stereocenters. The quantitative estimate of drug-likeness (QED) is 0.833. The highest BCUT2D eigenvalue weighted by Crippen LogP contribution is 2.27. The fourth-order valence-corrected chi connectivity index (χ4v) is 4.21. The molecule has 0 bridgehead atoms. The van der Waals surface area contributed by atoms with Crippen LogP contribution in [0.1, 0.15) is 37.8 Å². The molecule has 0 aromatic carbocycles. The molecule has 118 valence electrons. The average Bonchev–Trinajstić information content (AvgIpc) is 2.96. The molecule has 5 heteroatoms. The standard InChI is InChI=1S/C17H23N3OS/c21-17(18-9-11-22-15-6-2-1-3-7-15)12-14-13-19-16-8-4-5-10-20(14)16/h4-5,8,10,13,15H,1-3,6-7,9,11-12H2,(H,18,21). The molecule has 1 fully saturated rings. The van der Waals surface area contributed by atoms with Gasteiger partial charge in [0.1, 0.15) is 5.65 Å². The molecule has 2 aromatic heterocycles. The van der Waals surface area contributed by atoms with Crippen molar-refractivity contribution in [3.63, 3.8) is 0 Å². The molecule has 1 saturated carbocycles. The predicted octanol–water partition coefficient (Wildman–Crippen LogP) is 3.06. The number of hydrogen-bond donors (Lipinski definition) is 1. The second kappa shape index (κ2) is 7.68. The van der Waals surface area contributed by atoms with Gasteiger partial charge in [-0.05, 0) is 25.0 Å². The number of carbonyl (C=O) groups excluding carboxylic acids is 1. The molecule has 4 nitrogen and oxygen atoms in total. The fraction of sp³-hybridized carbons (Fsp3) is 0.529. The lowest BCUT2D eigenvalue weighted by atomic mass is 10.0. The van der Waals surface area contributed by atoms with Gasteiger partial charge in [-0.25, -0.2) is 4.98 Å². The van der Waals surface area contributed by atoms with Crippen molar-refractivity contribution in [2.24, 2.45) is 0 Å². The molecular formula is C17H23N3OS. The Hall–Kier alpha value is -1.49. The molecule has 2 heterocycles. The molecule has 3 rings (SSSR count). The van der Waals surface area contributed by atoms with Crippen LogP contribution < -0.4 is 5.32 Å². The highest BCUT2D eigenvalue weighted by atomic mass is 32.2. The maximum Gasteiger partial charge on any atom is 0.226 e. The van der Waals surface area contributed by atoms with Gasteiger partial charge in [0, 0.05) is 29.9 Å². The zero-order valence-corrected chi connectivity index (χ0v) is 13.6. The Morgan fingerprint density at radius 2 is 2.18 bits per heavy atom. The number of amides is 1. The summed E-state index contributed by atoms with van der Waals surface area (Å²) in [6.45, 7) is 0.761. The van der Waals surface area contributed by atoms with Crippen LogP contribution in [0.5, 0.6) is 0 Å². The summed E-state index contributed by atoms with van der Waals surface area (Å²) >= 11 is 2.02. The molecule has 1 N–H and O–H groups in total. The van der Waals surface area contributed by atoms with Gasteiger partial charge in [0.05, 0.1) is 12.1 Å². The number of fused-ring (bicyclic) bond motifs is 1. The lowest BCUT2D eigenvalue weighted by Gasteiger charge is -2.20. The first-order valence-corrected chi connectivity index (χ1v) is 9.17. The number of thioether (sulfide) groups is 1. The minimum atomic E-state index is 0.0786. The van der Waals surface area contributed by atoms with Crippen molar-refractivity contribution in [2.75, 3.05) is 12.3 Å². The Morgan fingerprint density at radius 1 is 1.32 bits per heavy atom. The molecule has 0 unspecified atom stereocenters. The highest BCUT2D eigenvalue weighted by molar-refractivity contribution is 7.99. The first-order valence-electron chi connectivity index (χ1n) is 8.12. The third kappa shape index (κ3) is 4.03. The molecule has 0 radical (unpaired) electrons. The molecule has 1 amide bonds. The molecule has 22 heavy (non-hydrogen) atoms. The van der Waals surface area contributed by atoms with Gasteiger partial charge < -0.3 is 9.72 Å². The van der Waals surface area contributed by atoms with Crippen LogP contribution in [0.15, 0.2) is 30.6 Å². The van der Waals surface area contributed by atoms with Crippen molar-refractivity contribution in [3.05, 3.63) is 36.3 Å². The van der Waals surface area contributed by atoms with Crippen LogP contribution in [0.2, 0.25) is 0 Å². The first kappa shape index (κ1) is 15.4. The van der Waals surface area contributed by atoms with E-state index in [1.807, 2.05) is 40.6 Å². The van der Waals surface area contributed by atoms with E-state index >= 15 is 0 Å². The number of aromatic nitrogens is 2. The zero-order valence-electron chi connectivity index (χ0n) is 12.8. The molecule has 0 aliphatic heterocycles. The number of rotatable bonds is 6. The van der Waals surface area contributed by atoms with E-state index in [2.05, 4.69) is 10.3 Å². The van der Waals surface area contributed by atoms with Crippen LogP contribution >= 0.6 is 11.8 Å². The van der Waals surface area contributed by atoms with Crippen LogP contribution in [-0.4, -0.2) is 32.8 Å². The van der Waals surface area contributed by atoms with Gasteiger partial charge in [0.25, 0.3) is 0 Å². The largest absolute Gasteiger partial charge is 0.355 e. The third-order valence-electron chi connectivity index (χ3n) is 4.17. The minimum absolute atomic E-state index is 0.0786. The number of imidazole rings is 1. The summed E-state index contributed by atoms with van der Waals surface area (Å²) in [6.07, 6.45) is 11.0. The monoisotopic (exact) mass is 317 g/mol. The second-order valence-corrected chi connectivity index (χ2v) is 7.24. The number of nitrogens with one attached hydrogen (secondary N) is 1. The van der Waals surface area contributed by atoms with Crippen LogP contribution in [0, 0.1) is 0 Å². The Labute approximate surface area is 135 Å². The van der Waals surface area contributed by atoms with E-state index in [1.54, 1.807) is 6.20 Å². The minimum Gasteiger partial charge on any atom is -0.355 e. The number of hydrogen-bond acceptors (Lipinski definition) is 3. The van der Waals surface area contributed by atoms with E-state index < -0.39 is 0 Å². The Balaban J connectivity index is 1.41. The van der Waals surface area contributed by atoms with Crippen LogP contribution in [-0.2, 0) is 11.2 Å². The summed E-state index contributed by atoms with van der Waals surface area (Å²) < 4.78 is 1.97. The number of pyridine rings is 1. The van der Waals surface area contributed by atoms with E-state index in [-0.39, 0.29) is 5.91 Å². The Morgan fingerprint density at radius 3 is 3.05 bits per heavy atom. The van der Waals surface area contributed by atoms with Gasteiger partial charge in [-0.2, -0.15) is 11.8 Å². The summed E-state index contributed by atoms with van der Waals surface area (Å²) in [5, 5.41) is 3.83. The predicted molar refractivity (Wildman–Crippen MR) is 91.2 cm³/mol. The lowest BCUT2D eigenvalue weighted by Crippen LogP contribution is -2.28. The Kier molecular flexibility index (Phi) is 5.38. The van der Waals surface area contributed by atoms with Crippen molar-refractivity contribution < 1.29 is 4.79 Å². The van der Waals surface area contributed by atoms with Crippen LogP contribution in [0.4, 0.5) is 0 Å². The fourth-order valence-electron chi connectivity index (χ4n) is 2.99. The maximum atomic E-state index is 12.0. The molecular weight excluding hydrogens is 294 g/mol. The van der Waals surface area contributed by atoms with Gasteiger partial charge in [-0.3, -0.25) is 4.79 Å². The average molecular weight is 317 g/mol. The van der Waals surface area contributed by atoms with Gasteiger partial charge in [-0.15, -0.1) is 0 Å². The van der Waals surface area contributed by atoms with E-state index in [0.717, 1.165) is 28.9 Å².